The van der Waals surface area contributed by atoms with Gasteiger partial charge in [-0.05, 0) is 27.2 Å². The first-order valence-electron chi connectivity index (χ1n) is 7.04. The third-order valence-electron chi connectivity index (χ3n) is 2.39. The van der Waals surface area contributed by atoms with Crippen molar-refractivity contribution in [3.05, 3.63) is 17.0 Å². The van der Waals surface area contributed by atoms with E-state index in [9.17, 15) is 4.79 Å². The lowest BCUT2D eigenvalue weighted by molar-refractivity contribution is 0.0528. The summed E-state index contributed by atoms with van der Waals surface area (Å²) >= 11 is 5.91. The number of anilines is 1. The van der Waals surface area contributed by atoms with E-state index in [4.69, 9.17) is 16.3 Å². The fourth-order valence-electron chi connectivity index (χ4n) is 1.52. The Bertz CT molecular complexity index is 475. The first-order chi connectivity index (χ1) is 9.80. The van der Waals surface area contributed by atoms with E-state index in [2.05, 4.69) is 20.6 Å². The summed E-state index contributed by atoms with van der Waals surface area (Å²) in [4.78, 5) is 19.8. The first kappa shape index (κ1) is 17.5. The number of amides is 1. The molecule has 1 heterocycles. The Kier molecular flexibility index (Phi) is 6.68. The van der Waals surface area contributed by atoms with Crippen molar-refractivity contribution in [3.63, 3.8) is 0 Å². The van der Waals surface area contributed by atoms with Gasteiger partial charge >= 0.3 is 6.09 Å². The third kappa shape index (κ3) is 7.70. The minimum Gasteiger partial charge on any atom is -0.444 e. The Labute approximate surface area is 130 Å². The van der Waals surface area contributed by atoms with Crippen LogP contribution < -0.4 is 10.6 Å². The molecule has 1 rings (SSSR count). The fourth-order valence-corrected chi connectivity index (χ4v) is 1.72. The lowest BCUT2D eigenvalue weighted by Crippen LogP contribution is -2.33. The molecule has 6 nitrogen and oxygen atoms in total. The number of aromatic nitrogens is 2. The van der Waals surface area contributed by atoms with Gasteiger partial charge in [0.2, 0.25) is 0 Å². The van der Waals surface area contributed by atoms with Crippen LogP contribution in [0.3, 0.4) is 0 Å². The molecule has 2 N–H and O–H groups in total. The molecule has 0 aromatic carbocycles. The van der Waals surface area contributed by atoms with E-state index in [1.807, 2.05) is 27.7 Å². The predicted octanol–water partition coefficient (Wildman–Crippen LogP) is 3.02. The molecule has 0 radical (unpaired) electrons. The maximum Gasteiger partial charge on any atom is 0.407 e. The van der Waals surface area contributed by atoms with Gasteiger partial charge in [-0.25, -0.2) is 14.8 Å². The zero-order chi connectivity index (χ0) is 15.9. The standard InChI is InChI=1S/C14H23ClN4O2/c1-5-11-18-10(15)9-12(19-11)16-7-6-8-17-13(20)21-14(2,3)4/h9H,5-8H2,1-4H3,(H,17,20)(H,16,18,19). The van der Waals surface area contributed by atoms with Gasteiger partial charge in [0.05, 0.1) is 0 Å². The SMILES string of the molecule is CCc1nc(Cl)cc(NCCCNC(=O)OC(C)(C)C)n1. The number of halogens is 1. The lowest BCUT2D eigenvalue weighted by atomic mass is 10.2. The second-order valence-corrected chi connectivity index (χ2v) is 5.94. The number of alkyl carbamates (subject to hydrolysis) is 1. The van der Waals surface area contributed by atoms with Gasteiger partial charge < -0.3 is 15.4 Å². The van der Waals surface area contributed by atoms with Crippen LogP contribution in [0.2, 0.25) is 5.15 Å². The van der Waals surface area contributed by atoms with Crippen molar-refractivity contribution in [2.75, 3.05) is 18.4 Å². The predicted molar refractivity (Wildman–Crippen MR) is 83.8 cm³/mol. The van der Waals surface area contributed by atoms with Gasteiger partial charge in [0.1, 0.15) is 22.4 Å². The topological polar surface area (TPSA) is 76.1 Å². The molecule has 0 aliphatic heterocycles. The number of nitrogens with zero attached hydrogens (tertiary/aromatic N) is 2. The van der Waals surface area contributed by atoms with Crippen molar-refractivity contribution in [2.24, 2.45) is 0 Å². The molecular formula is C14H23ClN4O2. The number of aryl methyl sites for hydroxylation is 1. The molecule has 1 aromatic rings. The number of carbonyl (C=O) groups excluding carboxylic acids is 1. The molecule has 1 aromatic heterocycles. The molecule has 7 heteroatoms. The Morgan fingerprint density at radius 2 is 2.05 bits per heavy atom. The van der Waals surface area contributed by atoms with Crippen LogP contribution in [0.15, 0.2) is 6.07 Å². The number of hydrogen-bond donors (Lipinski definition) is 2. The number of ether oxygens (including phenoxy) is 1. The largest absolute Gasteiger partial charge is 0.444 e. The molecule has 0 fully saturated rings. The van der Waals surface area contributed by atoms with Crippen molar-refractivity contribution in [1.29, 1.82) is 0 Å². The van der Waals surface area contributed by atoms with Crippen molar-refractivity contribution >= 4 is 23.5 Å². The highest BCUT2D eigenvalue weighted by molar-refractivity contribution is 6.29. The van der Waals surface area contributed by atoms with Crippen molar-refractivity contribution in [3.8, 4) is 0 Å². The number of carbonyl (C=O) groups is 1. The van der Waals surface area contributed by atoms with Crippen LogP contribution in [0.4, 0.5) is 10.6 Å². The zero-order valence-electron chi connectivity index (χ0n) is 13.0. The maximum absolute atomic E-state index is 11.4. The normalized spacial score (nSPS) is 11.1. The number of rotatable bonds is 6. The summed E-state index contributed by atoms with van der Waals surface area (Å²) in [5.74, 6) is 1.40. The Hall–Kier alpha value is -1.56. The molecule has 1 amide bonds. The Morgan fingerprint density at radius 3 is 2.67 bits per heavy atom. The molecule has 0 bridgehead atoms. The summed E-state index contributed by atoms with van der Waals surface area (Å²) in [6.07, 6.45) is 1.08. The molecule has 21 heavy (non-hydrogen) atoms. The van der Waals surface area contributed by atoms with E-state index < -0.39 is 11.7 Å². The average molecular weight is 315 g/mol. The lowest BCUT2D eigenvalue weighted by Gasteiger charge is -2.19. The molecule has 0 atom stereocenters. The van der Waals surface area contributed by atoms with Crippen LogP contribution in [0.25, 0.3) is 0 Å². The molecule has 0 unspecified atom stereocenters. The van der Waals surface area contributed by atoms with Gasteiger partial charge in [0, 0.05) is 25.6 Å². The van der Waals surface area contributed by atoms with Gasteiger partial charge in [-0.3, -0.25) is 0 Å². The van der Waals surface area contributed by atoms with E-state index in [1.165, 1.54) is 0 Å². The first-order valence-corrected chi connectivity index (χ1v) is 7.42. The average Bonchev–Trinajstić information content (AvgIpc) is 2.35. The monoisotopic (exact) mass is 314 g/mol. The molecule has 0 aliphatic carbocycles. The van der Waals surface area contributed by atoms with Crippen molar-refractivity contribution in [2.45, 2.75) is 46.1 Å². The summed E-state index contributed by atoms with van der Waals surface area (Å²) in [6, 6.07) is 1.68. The summed E-state index contributed by atoms with van der Waals surface area (Å²) in [6.45, 7) is 8.67. The van der Waals surface area contributed by atoms with Crippen LogP contribution in [-0.2, 0) is 11.2 Å². The molecular weight excluding hydrogens is 292 g/mol. The van der Waals surface area contributed by atoms with E-state index in [1.54, 1.807) is 6.07 Å². The minimum absolute atomic E-state index is 0.402. The smallest absolute Gasteiger partial charge is 0.407 e. The van der Waals surface area contributed by atoms with E-state index in [0.717, 1.165) is 12.8 Å². The molecule has 0 saturated heterocycles. The summed E-state index contributed by atoms with van der Waals surface area (Å²) in [5, 5.41) is 6.28. The van der Waals surface area contributed by atoms with Crippen LogP contribution in [0.5, 0.6) is 0 Å². The molecule has 0 aliphatic rings. The summed E-state index contributed by atoms with van der Waals surface area (Å²) in [5.41, 5.74) is -0.476. The fraction of sp³-hybridized carbons (Fsp3) is 0.643. The summed E-state index contributed by atoms with van der Waals surface area (Å²) < 4.78 is 5.14. The van der Waals surface area contributed by atoms with E-state index in [0.29, 0.717) is 29.9 Å². The van der Waals surface area contributed by atoms with Crippen molar-refractivity contribution < 1.29 is 9.53 Å². The molecule has 0 saturated carbocycles. The van der Waals surface area contributed by atoms with Gasteiger partial charge in [-0.15, -0.1) is 0 Å². The van der Waals surface area contributed by atoms with E-state index >= 15 is 0 Å². The quantitative estimate of drug-likeness (QED) is 0.623. The second kappa shape index (κ2) is 8.02. The maximum atomic E-state index is 11.4. The van der Waals surface area contributed by atoms with Crippen molar-refractivity contribution in [1.82, 2.24) is 15.3 Å². The molecule has 0 spiro atoms. The van der Waals surface area contributed by atoms with Gasteiger partial charge in [-0.1, -0.05) is 18.5 Å². The van der Waals surface area contributed by atoms with Gasteiger partial charge in [0.15, 0.2) is 0 Å². The van der Waals surface area contributed by atoms with E-state index in [-0.39, 0.29) is 0 Å². The molecule has 118 valence electrons. The Balaban J connectivity index is 2.25. The number of nitrogens with one attached hydrogen (secondary N) is 2. The zero-order valence-corrected chi connectivity index (χ0v) is 13.8. The minimum atomic E-state index is -0.476. The summed E-state index contributed by atoms with van der Waals surface area (Å²) in [7, 11) is 0. The Morgan fingerprint density at radius 1 is 1.33 bits per heavy atom. The van der Waals surface area contributed by atoms with Crippen LogP contribution in [-0.4, -0.2) is 34.8 Å². The van der Waals surface area contributed by atoms with Gasteiger partial charge in [-0.2, -0.15) is 0 Å². The van der Waals surface area contributed by atoms with Gasteiger partial charge in [0.25, 0.3) is 0 Å². The van der Waals surface area contributed by atoms with Crippen LogP contribution >= 0.6 is 11.6 Å². The highest BCUT2D eigenvalue weighted by atomic mass is 35.5. The second-order valence-electron chi connectivity index (χ2n) is 5.55. The third-order valence-corrected chi connectivity index (χ3v) is 2.58. The highest BCUT2D eigenvalue weighted by Crippen LogP contribution is 2.11. The number of hydrogen-bond acceptors (Lipinski definition) is 5. The van der Waals surface area contributed by atoms with Crippen LogP contribution in [0, 0.1) is 0 Å². The van der Waals surface area contributed by atoms with Crippen LogP contribution in [0.1, 0.15) is 39.9 Å². The highest BCUT2D eigenvalue weighted by Gasteiger charge is 2.15.